The quantitative estimate of drug-likeness (QED) is 0.893. The molecule has 0 unspecified atom stereocenters. The smallest absolute Gasteiger partial charge is 0.221 e. The maximum Gasteiger partial charge on any atom is 0.221 e. The number of benzene rings is 2. The second kappa shape index (κ2) is 5.04. The maximum atomic E-state index is 11.2. The maximum absolute atomic E-state index is 11.2. The Morgan fingerprint density at radius 3 is 2.42 bits per heavy atom. The van der Waals surface area contributed by atoms with Crippen LogP contribution >= 0.6 is 0 Å². The topological polar surface area (TPSA) is 43.1 Å². The predicted octanol–water partition coefficient (Wildman–Crippen LogP) is 3.53. The van der Waals surface area contributed by atoms with Gasteiger partial charge in [0.05, 0.1) is 6.42 Å². The molecule has 0 spiro atoms. The summed E-state index contributed by atoms with van der Waals surface area (Å²) in [6.07, 6.45) is 5.58. The summed E-state index contributed by atoms with van der Waals surface area (Å²) >= 11 is 0. The highest BCUT2D eigenvalue weighted by Gasteiger charge is 2.19. The van der Waals surface area contributed by atoms with Crippen LogP contribution in [-0.4, -0.2) is 5.91 Å². The fourth-order valence-electron chi connectivity index (χ4n) is 3.32. The number of rotatable bonds is 3. The molecule has 0 aliphatic heterocycles. The van der Waals surface area contributed by atoms with Gasteiger partial charge in [0, 0.05) is 0 Å². The molecule has 0 heterocycles. The first kappa shape index (κ1) is 12.2. The van der Waals surface area contributed by atoms with Crippen LogP contribution in [0, 0.1) is 0 Å². The highest BCUT2D eigenvalue weighted by molar-refractivity contribution is 5.92. The third-order valence-electron chi connectivity index (χ3n) is 4.21. The van der Waals surface area contributed by atoms with Crippen molar-refractivity contribution in [2.45, 2.75) is 38.0 Å². The lowest BCUT2D eigenvalue weighted by molar-refractivity contribution is -0.117. The predicted molar refractivity (Wildman–Crippen MR) is 78.1 cm³/mol. The molecule has 1 saturated carbocycles. The van der Waals surface area contributed by atoms with E-state index < -0.39 is 0 Å². The van der Waals surface area contributed by atoms with E-state index in [9.17, 15) is 4.79 Å². The van der Waals surface area contributed by atoms with Gasteiger partial charge in [0.2, 0.25) is 5.91 Å². The molecule has 2 aromatic rings. The van der Waals surface area contributed by atoms with Crippen molar-refractivity contribution in [2.24, 2.45) is 5.73 Å². The van der Waals surface area contributed by atoms with Gasteiger partial charge in [0.1, 0.15) is 0 Å². The SMILES string of the molecule is NC(=O)Cc1ccc(C2CCCC2)c2ccccc12. The zero-order valence-corrected chi connectivity index (χ0v) is 11.1. The van der Waals surface area contributed by atoms with E-state index in [0.29, 0.717) is 12.3 Å². The molecule has 2 nitrogen and oxygen atoms in total. The first-order chi connectivity index (χ1) is 9.25. The molecule has 0 bridgehead atoms. The van der Waals surface area contributed by atoms with Crippen molar-refractivity contribution < 1.29 is 4.79 Å². The lowest BCUT2D eigenvalue weighted by Crippen LogP contribution is -2.14. The molecule has 2 N–H and O–H groups in total. The standard InChI is InChI=1S/C17H19NO/c18-17(19)11-13-9-10-15(12-5-1-2-6-12)16-8-4-3-7-14(13)16/h3-4,7-10,12H,1-2,5-6,11H2,(H2,18,19). The largest absolute Gasteiger partial charge is 0.369 e. The first-order valence-electron chi connectivity index (χ1n) is 7.04. The average molecular weight is 253 g/mol. The van der Waals surface area contributed by atoms with Crippen LogP contribution in [0.25, 0.3) is 10.8 Å². The minimum atomic E-state index is -0.265. The summed E-state index contributed by atoms with van der Waals surface area (Å²) in [5, 5.41) is 2.49. The van der Waals surface area contributed by atoms with E-state index in [-0.39, 0.29) is 5.91 Å². The normalized spacial score (nSPS) is 16.0. The van der Waals surface area contributed by atoms with Crippen LogP contribution in [0.2, 0.25) is 0 Å². The number of amides is 1. The lowest BCUT2D eigenvalue weighted by atomic mass is 9.89. The van der Waals surface area contributed by atoms with Crippen molar-refractivity contribution in [1.82, 2.24) is 0 Å². The Morgan fingerprint density at radius 1 is 1.05 bits per heavy atom. The van der Waals surface area contributed by atoms with Gasteiger partial charge in [0.15, 0.2) is 0 Å². The number of fused-ring (bicyclic) bond motifs is 1. The summed E-state index contributed by atoms with van der Waals surface area (Å²) in [5.41, 5.74) is 7.83. The molecule has 1 aliphatic carbocycles. The molecular formula is C17H19NO. The molecule has 0 atom stereocenters. The molecule has 0 saturated heterocycles. The summed E-state index contributed by atoms with van der Waals surface area (Å²) in [6.45, 7) is 0. The van der Waals surface area contributed by atoms with Gasteiger partial charge in [-0.15, -0.1) is 0 Å². The molecule has 3 rings (SSSR count). The Balaban J connectivity index is 2.12. The van der Waals surface area contributed by atoms with Crippen LogP contribution in [0.3, 0.4) is 0 Å². The Bertz CT molecular complexity index is 612. The van der Waals surface area contributed by atoms with Crippen molar-refractivity contribution in [3.05, 3.63) is 47.5 Å². The molecular weight excluding hydrogens is 234 g/mol. The monoisotopic (exact) mass is 253 g/mol. The van der Waals surface area contributed by atoms with E-state index in [4.69, 9.17) is 5.73 Å². The molecule has 1 fully saturated rings. The number of nitrogens with two attached hydrogens (primary N) is 1. The minimum absolute atomic E-state index is 0.265. The van der Waals surface area contributed by atoms with E-state index >= 15 is 0 Å². The molecule has 19 heavy (non-hydrogen) atoms. The number of primary amides is 1. The molecule has 0 radical (unpaired) electrons. The zero-order valence-electron chi connectivity index (χ0n) is 11.1. The molecule has 2 aromatic carbocycles. The molecule has 2 heteroatoms. The Morgan fingerprint density at radius 2 is 1.74 bits per heavy atom. The van der Waals surface area contributed by atoms with E-state index in [1.165, 1.54) is 42.0 Å². The molecule has 98 valence electrons. The van der Waals surface area contributed by atoms with Crippen molar-refractivity contribution in [1.29, 1.82) is 0 Å². The van der Waals surface area contributed by atoms with E-state index in [0.717, 1.165) is 5.56 Å². The van der Waals surface area contributed by atoms with Crippen LogP contribution in [-0.2, 0) is 11.2 Å². The van der Waals surface area contributed by atoms with Gasteiger partial charge < -0.3 is 5.73 Å². The van der Waals surface area contributed by atoms with Crippen LogP contribution in [0.1, 0.15) is 42.7 Å². The van der Waals surface area contributed by atoms with Gasteiger partial charge >= 0.3 is 0 Å². The second-order valence-corrected chi connectivity index (χ2v) is 5.48. The van der Waals surface area contributed by atoms with Gasteiger partial charge in [-0.1, -0.05) is 49.2 Å². The highest BCUT2D eigenvalue weighted by atomic mass is 16.1. The van der Waals surface area contributed by atoms with Crippen molar-refractivity contribution >= 4 is 16.7 Å². The summed E-state index contributed by atoms with van der Waals surface area (Å²) < 4.78 is 0. The molecule has 1 amide bonds. The lowest BCUT2D eigenvalue weighted by Gasteiger charge is -2.15. The van der Waals surface area contributed by atoms with Gasteiger partial charge in [-0.2, -0.15) is 0 Å². The number of carbonyl (C=O) groups is 1. The van der Waals surface area contributed by atoms with Gasteiger partial charge in [-0.3, -0.25) is 4.79 Å². The van der Waals surface area contributed by atoms with E-state index in [2.05, 4.69) is 30.3 Å². The fourth-order valence-corrected chi connectivity index (χ4v) is 3.32. The van der Waals surface area contributed by atoms with E-state index in [1.54, 1.807) is 0 Å². The Kier molecular flexibility index (Phi) is 3.24. The third-order valence-corrected chi connectivity index (χ3v) is 4.21. The van der Waals surface area contributed by atoms with Crippen LogP contribution in [0.4, 0.5) is 0 Å². The van der Waals surface area contributed by atoms with Gasteiger partial charge in [-0.25, -0.2) is 0 Å². The van der Waals surface area contributed by atoms with Gasteiger partial charge in [0.25, 0.3) is 0 Å². The van der Waals surface area contributed by atoms with E-state index in [1.807, 2.05) is 6.07 Å². The molecule has 0 aromatic heterocycles. The number of carbonyl (C=O) groups excluding carboxylic acids is 1. The summed E-state index contributed by atoms with van der Waals surface area (Å²) in [4.78, 5) is 11.2. The first-order valence-corrected chi connectivity index (χ1v) is 7.04. The van der Waals surface area contributed by atoms with Crippen molar-refractivity contribution in [3.8, 4) is 0 Å². The van der Waals surface area contributed by atoms with Crippen LogP contribution in [0.15, 0.2) is 36.4 Å². The summed E-state index contributed by atoms with van der Waals surface area (Å²) in [7, 11) is 0. The van der Waals surface area contributed by atoms with Crippen molar-refractivity contribution in [3.63, 3.8) is 0 Å². The van der Waals surface area contributed by atoms with Crippen LogP contribution < -0.4 is 5.73 Å². The zero-order chi connectivity index (χ0) is 13.2. The molecule has 1 aliphatic rings. The van der Waals surface area contributed by atoms with Crippen LogP contribution in [0.5, 0.6) is 0 Å². The Hall–Kier alpha value is -1.83. The highest BCUT2D eigenvalue weighted by Crippen LogP contribution is 2.38. The average Bonchev–Trinajstić information content (AvgIpc) is 2.92. The Labute approximate surface area is 113 Å². The number of hydrogen-bond donors (Lipinski definition) is 1. The minimum Gasteiger partial charge on any atom is -0.369 e. The number of hydrogen-bond acceptors (Lipinski definition) is 1. The van der Waals surface area contributed by atoms with Crippen molar-refractivity contribution in [2.75, 3.05) is 0 Å². The second-order valence-electron chi connectivity index (χ2n) is 5.48. The fraction of sp³-hybridized carbons (Fsp3) is 0.353. The third kappa shape index (κ3) is 2.35. The van der Waals surface area contributed by atoms with Gasteiger partial charge in [-0.05, 0) is 40.7 Å². The summed E-state index contributed by atoms with van der Waals surface area (Å²) in [5.74, 6) is 0.422. The summed E-state index contributed by atoms with van der Waals surface area (Å²) in [6, 6.07) is 12.7.